The predicted octanol–water partition coefficient (Wildman–Crippen LogP) is 1.64. The summed E-state index contributed by atoms with van der Waals surface area (Å²) >= 11 is 0. The van der Waals surface area contributed by atoms with E-state index in [4.69, 9.17) is 0 Å². The van der Waals surface area contributed by atoms with Crippen LogP contribution in [0.3, 0.4) is 0 Å². The summed E-state index contributed by atoms with van der Waals surface area (Å²) in [5.74, 6) is 0. The van der Waals surface area contributed by atoms with E-state index in [9.17, 15) is 4.79 Å². The zero-order chi connectivity index (χ0) is 12.8. The fourth-order valence-electron chi connectivity index (χ4n) is 1.86. The third-order valence-electron chi connectivity index (χ3n) is 2.87. The molecule has 1 N–H and O–H groups in total. The molecular weight excluding hydrogens is 214 g/mol. The van der Waals surface area contributed by atoms with Gasteiger partial charge in [-0.1, -0.05) is 6.92 Å². The van der Waals surface area contributed by atoms with Crippen molar-refractivity contribution in [3.8, 4) is 0 Å². The van der Waals surface area contributed by atoms with Crippen LogP contribution in [0, 0.1) is 13.8 Å². The van der Waals surface area contributed by atoms with Crippen molar-refractivity contribution in [3.63, 3.8) is 0 Å². The van der Waals surface area contributed by atoms with Crippen molar-refractivity contribution in [2.24, 2.45) is 0 Å². The first-order valence-corrected chi connectivity index (χ1v) is 6.33. The van der Waals surface area contributed by atoms with Crippen molar-refractivity contribution in [1.82, 2.24) is 14.9 Å². The second-order valence-corrected chi connectivity index (χ2v) is 4.62. The molecule has 1 aromatic heterocycles. The minimum absolute atomic E-state index is 0.134. The molecule has 0 bridgehead atoms. The maximum absolute atomic E-state index is 11.7. The highest BCUT2D eigenvalue weighted by Crippen LogP contribution is 2.00. The van der Waals surface area contributed by atoms with Crippen molar-refractivity contribution in [1.29, 1.82) is 0 Å². The van der Waals surface area contributed by atoms with Gasteiger partial charge in [0.25, 0.3) is 0 Å². The Morgan fingerprint density at radius 2 is 2.18 bits per heavy atom. The molecule has 1 rings (SSSR count). The van der Waals surface area contributed by atoms with Gasteiger partial charge < -0.3 is 5.32 Å². The Kier molecular flexibility index (Phi) is 5.35. The molecule has 0 aliphatic heterocycles. The summed E-state index contributed by atoms with van der Waals surface area (Å²) in [5.41, 5.74) is 1.65. The van der Waals surface area contributed by atoms with Gasteiger partial charge in [0, 0.05) is 24.0 Å². The van der Waals surface area contributed by atoms with Crippen LogP contribution in [0.25, 0.3) is 0 Å². The van der Waals surface area contributed by atoms with Gasteiger partial charge in [-0.3, -0.25) is 4.57 Å². The van der Waals surface area contributed by atoms with Crippen LogP contribution in [0.5, 0.6) is 0 Å². The van der Waals surface area contributed by atoms with Gasteiger partial charge in [-0.15, -0.1) is 0 Å². The van der Waals surface area contributed by atoms with E-state index in [0.717, 1.165) is 37.3 Å². The number of rotatable bonds is 6. The highest BCUT2D eigenvalue weighted by Gasteiger charge is 2.05. The summed E-state index contributed by atoms with van der Waals surface area (Å²) in [5, 5.41) is 3.42. The van der Waals surface area contributed by atoms with E-state index in [1.54, 1.807) is 4.57 Å². The lowest BCUT2D eigenvalue weighted by molar-refractivity contribution is 0.464. The fraction of sp³-hybridized carbons (Fsp3) is 0.692. The second kappa shape index (κ2) is 6.55. The highest BCUT2D eigenvalue weighted by atomic mass is 16.1. The maximum atomic E-state index is 11.7. The topological polar surface area (TPSA) is 46.9 Å². The van der Waals surface area contributed by atoms with E-state index in [0.29, 0.717) is 6.04 Å². The third kappa shape index (κ3) is 4.30. The van der Waals surface area contributed by atoms with Gasteiger partial charge in [0.2, 0.25) is 0 Å². The van der Waals surface area contributed by atoms with E-state index in [1.165, 1.54) is 0 Å². The Balaban J connectivity index is 2.60. The Labute approximate surface area is 103 Å². The number of aromatic nitrogens is 2. The Hall–Kier alpha value is -1.16. The van der Waals surface area contributed by atoms with Crippen molar-refractivity contribution in [2.45, 2.75) is 53.1 Å². The van der Waals surface area contributed by atoms with E-state index >= 15 is 0 Å². The maximum Gasteiger partial charge on any atom is 0.347 e. The molecular formula is C13H23N3O. The SMILES string of the molecule is CCCNC(C)CCn1c(C)cc(C)nc1=O. The molecule has 1 heterocycles. The van der Waals surface area contributed by atoms with Crippen LogP contribution in [0.15, 0.2) is 10.9 Å². The number of aryl methyl sites for hydroxylation is 2. The van der Waals surface area contributed by atoms with Crippen LogP contribution in [0.2, 0.25) is 0 Å². The molecule has 0 fully saturated rings. The third-order valence-corrected chi connectivity index (χ3v) is 2.87. The number of nitrogens with zero attached hydrogens (tertiary/aromatic N) is 2. The first-order chi connectivity index (χ1) is 8.04. The Morgan fingerprint density at radius 3 is 2.76 bits per heavy atom. The average Bonchev–Trinajstić information content (AvgIpc) is 2.24. The smallest absolute Gasteiger partial charge is 0.314 e. The fourth-order valence-corrected chi connectivity index (χ4v) is 1.86. The van der Waals surface area contributed by atoms with Crippen molar-refractivity contribution >= 4 is 0 Å². The first kappa shape index (κ1) is 13.9. The first-order valence-electron chi connectivity index (χ1n) is 6.33. The van der Waals surface area contributed by atoms with Crippen LogP contribution in [-0.2, 0) is 6.54 Å². The van der Waals surface area contributed by atoms with Gasteiger partial charge in [0.15, 0.2) is 0 Å². The highest BCUT2D eigenvalue weighted by molar-refractivity contribution is 5.06. The molecule has 17 heavy (non-hydrogen) atoms. The molecule has 0 aliphatic carbocycles. The Bertz CT molecular complexity index is 412. The van der Waals surface area contributed by atoms with Gasteiger partial charge in [0.1, 0.15) is 0 Å². The summed E-state index contributed by atoms with van der Waals surface area (Å²) in [6.45, 7) is 9.87. The molecule has 4 heteroatoms. The standard InChI is InChI=1S/C13H23N3O/c1-5-7-14-10(2)6-8-16-12(4)9-11(3)15-13(16)17/h9-10,14H,5-8H2,1-4H3. The molecule has 0 saturated carbocycles. The summed E-state index contributed by atoms with van der Waals surface area (Å²) in [7, 11) is 0. The van der Waals surface area contributed by atoms with Crippen LogP contribution < -0.4 is 11.0 Å². The minimum atomic E-state index is -0.134. The molecule has 4 nitrogen and oxygen atoms in total. The van der Waals surface area contributed by atoms with Gasteiger partial charge in [-0.05, 0) is 46.2 Å². The monoisotopic (exact) mass is 237 g/mol. The van der Waals surface area contributed by atoms with Crippen molar-refractivity contribution in [2.75, 3.05) is 6.54 Å². The van der Waals surface area contributed by atoms with Crippen LogP contribution >= 0.6 is 0 Å². The van der Waals surface area contributed by atoms with Gasteiger partial charge in [0.05, 0.1) is 0 Å². The van der Waals surface area contributed by atoms with Crippen molar-refractivity contribution in [3.05, 3.63) is 27.9 Å². The van der Waals surface area contributed by atoms with E-state index in [1.807, 2.05) is 19.9 Å². The van der Waals surface area contributed by atoms with E-state index in [2.05, 4.69) is 24.1 Å². The van der Waals surface area contributed by atoms with Gasteiger partial charge in [-0.25, -0.2) is 4.79 Å². The zero-order valence-electron chi connectivity index (χ0n) is 11.3. The summed E-state index contributed by atoms with van der Waals surface area (Å²) in [6.07, 6.45) is 2.08. The molecule has 0 radical (unpaired) electrons. The van der Waals surface area contributed by atoms with Crippen LogP contribution in [-0.4, -0.2) is 22.1 Å². The second-order valence-electron chi connectivity index (χ2n) is 4.62. The van der Waals surface area contributed by atoms with E-state index < -0.39 is 0 Å². The molecule has 1 aromatic rings. The van der Waals surface area contributed by atoms with Crippen LogP contribution in [0.4, 0.5) is 0 Å². The lowest BCUT2D eigenvalue weighted by Gasteiger charge is -2.15. The Morgan fingerprint density at radius 1 is 1.47 bits per heavy atom. The lowest BCUT2D eigenvalue weighted by Crippen LogP contribution is -2.31. The summed E-state index contributed by atoms with van der Waals surface area (Å²) < 4.78 is 1.75. The minimum Gasteiger partial charge on any atom is -0.314 e. The number of hydrogen-bond acceptors (Lipinski definition) is 3. The van der Waals surface area contributed by atoms with Gasteiger partial charge in [-0.2, -0.15) is 4.98 Å². The summed E-state index contributed by atoms with van der Waals surface area (Å²) in [4.78, 5) is 15.7. The predicted molar refractivity (Wildman–Crippen MR) is 70.3 cm³/mol. The van der Waals surface area contributed by atoms with Crippen LogP contribution in [0.1, 0.15) is 38.1 Å². The normalized spacial score (nSPS) is 12.7. The number of hydrogen-bond donors (Lipinski definition) is 1. The molecule has 1 atom stereocenters. The molecule has 96 valence electrons. The summed E-state index contributed by atoms with van der Waals surface area (Å²) in [6, 6.07) is 2.38. The quantitative estimate of drug-likeness (QED) is 0.818. The number of nitrogens with one attached hydrogen (secondary N) is 1. The largest absolute Gasteiger partial charge is 0.347 e. The molecule has 0 spiro atoms. The molecule has 0 saturated heterocycles. The average molecular weight is 237 g/mol. The van der Waals surface area contributed by atoms with Crippen molar-refractivity contribution < 1.29 is 0 Å². The molecule has 1 unspecified atom stereocenters. The zero-order valence-corrected chi connectivity index (χ0v) is 11.3. The van der Waals surface area contributed by atoms with E-state index in [-0.39, 0.29) is 5.69 Å². The molecule has 0 aliphatic rings. The molecule has 0 aromatic carbocycles. The van der Waals surface area contributed by atoms with Gasteiger partial charge >= 0.3 is 5.69 Å². The lowest BCUT2D eigenvalue weighted by atomic mass is 10.2. The molecule has 0 amide bonds.